The molecule has 1 fully saturated rings. The molecule has 0 saturated carbocycles. The number of halogens is 1. The number of hydrogen-bond donors (Lipinski definition) is 1. The van der Waals surface area contributed by atoms with Crippen molar-refractivity contribution in [1.29, 1.82) is 0 Å². The smallest absolute Gasteiger partial charge is 0.253 e. The Morgan fingerprint density at radius 2 is 2.12 bits per heavy atom. The molecular weight excluding hydrogens is 280 g/mol. The molecule has 1 aliphatic heterocycles. The SMILES string of the molecule is CN(C(=O)c1ccc(Br)cc1)[C@H]1CCCNC1. The maximum atomic E-state index is 12.2. The lowest BCUT2D eigenvalue weighted by molar-refractivity contribution is 0.0708. The van der Waals surface area contributed by atoms with Crippen molar-refractivity contribution in [3.63, 3.8) is 0 Å². The van der Waals surface area contributed by atoms with Crippen LogP contribution in [0.3, 0.4) is 0 Å². The highest BCUT2D eigenvalue weighted by molar-refractivity contribution is 9.10. The summed E-state index contributed by atoms with van der Waals surface area (Å²) in [5.74, 6) is 0.103. The van der Waals surface area contributed by atoms with Crippen LogP contribution in [0, 0.1) is 0 Å². The van der Waals surface area contributed by atoms with E-state index in [1.807, 2.05) is 36.2 Å². The lowest BCUT2D eigenvalue weighted by atomic mass is 10.1. The molecule has 0 aliphatic carbocycles. The number of nitrogens with one attached hydrogen (secondary N) is 1. The standard InChI is InChI=1S/C13H17BrN2O/c1-16(12-3-2-8-15-9-12)13(17)10-4-6-11(14)7-5-10/h4-7,12,15H,2-3,8-9H2,1H3/t12-/m0/s1. The summed E-state index contributed by atoms with van der Waals surface area (Å²) in [4.78, 5) is 14.1. The predicted molar refractivity (Wildman–Crippen MR) is 72.1 cm³/mol. The van der Waals surface area contributed by atoms with Gasteiger partial charge in [-0.1, -0.05) is 15.9 Å². The second kappa shape index (κ2) is 5.65. The van der Waals surface area contributed by atoms with Gasteiger partial charge in [0.2, 0.25) is 0 Å². The predicted octanol–water partition coefficient (Wildman–Crippen LogP) is 2.27. The van der Waals surface area contributed by atoms with Crippen molar-refractivity contribution >= 4 is 21.8 Å². The third kappa shape index (κ3) is 3.07. The fourth-order valence-electron chi connectivity index (χ4n) is 2.13. The van der Waals surface area contributed by atoms with Crippen LogP contribution >= 0.6 is 15.9 Å². The van der Waals surface area contributed by atoms with Crippen molar-refractivity contribution in [2.45, 2.75) is 18.9 Å². The van der Waals surface area contributed by atoms with Crippen LogP contribution in [0.15, 0.2) is 28.7 Å². The number of hydrogen-bond acceptors (Lipinski definition) is 2. The highest BCUT2D eigenvalue weighted by atomic mass is 79.9. The van der Waals surface area contributed by atoms with E-state index in [2.05, 4.69) is 21.2 Å². The number of amides is 1. The zero-order chi connectivity index (χ0) is 12.3. The lowest BCUT2D eigenvalue weighted by Crippen LogP contribution is -2.46. The maximum Gasteiger partial charge on any atom is 0.253 e. The number of benzene rings is 1. The molecular formula is C13H17BrN2O. The minimum Gasteiger partial charge on any atom is -0.337 e. The van der Waals surface area contributed by atoms with E-state index in [9.17, 15) is 4.79 Å². The van der Waals surface area contributed by atoms with E-state index in [1.165, 1.54) is 0 Å². The number of carbonyl (C=O) groups excluding carboxylic acids is 1. The van der Waals surface area contributed by atoms with Crippen LogP contribution in [0.5, 0.6) is 0 Å². The molecule has 1 heterocycles. The van der Waals surface area contributed by atoms with E-state index in [-0.39, 0.29) is 5.91 Å². The molecule has 1 N–H and O–H groups in total. The van der Waals surface area contributed by atoms with Gasteiger partial charge in [-0.3, -0.25) is 4.79 Å². The van der Waals surface area contributed by atoms with Crippen LogP contribution < -0.4 is 5.32 Å². The summed E-state index contributed by atoms with van der Waals surface area (Å²) in [6.07, 6.45) is 2.23. The first-order valence-electron chi connectivity index (χ1n) is 5.92. The van der Waals surface area contributed by atoms with Gasteiger partial charge in [0, 0.05) is 29.7 Å². The third-order valence-electron chi connectivity index (χ3n) is 3.23. The van der Waals surface area contributed by atoms with Crippen LogP contribution in [-0.4, -0.2) is 37.0 Å². The fourth-order valence-corrected chi connectivity index (χ4v) is 2.39. The first-order chi connectivity index (χ1) is 8.18. The quantitative estimate of drug-likeness (QED) is 0.908. The van der Waals surface area contributed by atoms with Crippen LogP contribution in [0.2, 0.25) is 0 Å². The average Bonchev–Trinajstić information content (AvgIpc) is 2.39. The van der Waals surface area contributed by atoms with Crippen molar-refractivity contribution in [2.75, 3.05) is 20.1 Å². The Bertz CT molecular complexity index is 385. The topological polar surface area (TPSA) is 32.3 Å². The zero-order valence-electron chi connectivity index (χ0n) is 9.95. The molecule has 1 aromatic carbocycles. The Balaban J connectivity index is 2.05. The number of piperidine rings is 1. The summed E-state index contributed by atoms with van der Waals surface area (Å²) >= 11 is 3.37. The Hall–Kier alpha value is -0.870. The summed E-state index contributed by atoms with van der Waals surface area (Å²) < 4.78 is 0.996. The van der Waals surface area contributed by atoms with Crippen molar-refractivity contribution in [3.05, 3.63) is 34.3 Å². The van der Waals surface area contributed by atoms with Crippen molar-refractivity contribution in [2.24, 2.45) is 0 Å². The van der Waals surface area contributed by atoms with Crippen LogP contribution in [-0.2, 0) is 0 Å². The number of carbonyl (C=O) groups is 1. The van der Waals surface area contributed by atoms with Crippen molar-refractivity contribution in [1.82, 2.24) is 10.2 Å². The fraction of sp³-hybridized carbons (Fsp3) is 0.462. The van der Waals surface area contributed by atoms with E-state index in [4.69, 9.17) is 0 Å². The van der Waals surface area contributed by atoms with Gasteiger partial charge in [-0.15, -0.1) is 0 Å². The Morgan fingerprint density at radius 3 is 2.71 bits per heavy atom. The number of nitrogens with zero attached hydrogens (tertiary/aromatic N) is 1. The van der Waals surface area contributed by atoms with E-state index >= 15 is 0 Å². The number of likely N-dealkylation sites (N-methyl/N-ethyl adjacent to an activating group) is 1. The first-order valence-corrected chi connectivity index (χ1v) is 6.71. The summed E-state index contributed by atoms with van der Waals surface area (Å²) in [6, 6.07) is 7.85. The van der Waals surface area contributed by atoms with Crippen LogP contribution in [0.1, 0.15) is 23.2 Å². The normalized spacial score (nSPS) is 20.0. The van der Waals surface area contributed by atoms with E-state index in [1.54, 1.807) is 0 Å². The minimum absolute atomic E-state index is 0.103. The monoisotopic (exact) mass is 296 g/mol. The molecule has 1 amide bonds. The molecule has 0 unspecified atom stereocenters. The van der Waals surface area contributed by atoms with Gasteiger partial charge < -0.3 is 10.2 Å². The van der Waals surface area contributed by atoms with Crippen molar-refractivity contribution in [3.8, 4) is 0 Å². The Kier molecular flexibility index (Phi) is 4.18. The largest absolute Gasteiger partial charge is 0.337 e. The molecule has 92 valence electrons. The van der Waals surface area contributed by atoms with Gasteiger partial charge in [-0.05, 0) is 43.7 Å². The van der Waals surface area contributed by atoms with E-state index in [0.29, 0.717) is 6.04 Å². The molecule has 1 aromatic rings. The molecule has 0 bridgehead atoms. The van der Waals surface area contributed by atoms with Crippen LogP contribution in [0.25, 0.3) is 0 Å². The molecule has 17 heavy (non-hydrogen) atoms. The van der Waals surface area contributed by atoms with Crippen molar-refractivity contribution < 1.29 is 4.79 Å². The molecule has 3 nitrogen and oxygen atoms in total. The van der Waals surface area contributed by atoms with Gasteiger partial charge in [0.05, 0.1) is 0 Å². The summed E-state index contributed by atoms with van der Waals surface area (Å²) in [5.41, 5.74) is 0.751. The molecule has 1 aliphatic rings. The van der Waals surface area contributed by atoms with Gasteiger partial charge in [-0.25, -0.2) is 0 Å². The van der Waals surface area contributed by atoms with Crippen LogP contribution in [0.4, 0.5) is 0 Å². The van der Waals surface area contributed by atoms with Gasteiger partial charge in [-0.2, -0.15) is 0 Å². The second-order valence-corrected chi connectivity index (χ2v) is 5.34. The van der Waals surface area contributed by atoms with Gasteiger partial charge in [0.25, 0.3) is 5.91 Å². The van der Waals surface area contributed by atoms with Gasteiger partial charge in [0.15, 0.2) is 0 Å². The Labute approximate surface area is 110 Å². The summed E-state index contributed by atoms with van der Waals surface area (Å²) in [7, 11) is 1.89. The maximum absolute atomic E-state index is 12.2. The highest BCUT2D eigenvalue weighted by Gasteiger charge is 2.22. The molecule has 2 rings (SSSR count). The average molecular weight is 297 g/mol. The summed E-state index contributed by atoms with van der Waals surface area (Å²) in [6.45, 7) is 1.97. The van der Waals surface area contributed by atoms with Gasteiger partial charge in [0.1, 0.15) is 0 Å². The Morgan fingerprint density at radius 1 is 1.41 bits per heavy atom. The third-order valence-corrected chi connectivity index (χ3v) is 3.76. The summed E-state index contributed by atoms with van der Waals surface area (Å²) in [5, 5.41) is 3.33. The van der Waals surface area contributed by atoms with Gasteiger partial charge >= 0.3 is 0 Å². The molecule has 1 atom stereocenters. The second-order valence-electron chi connectivity index (χ2n) is 4.42. The molecule has 4 heteroatoms. The first kappa shape index (κ1) is 12.6. The molecule has 0 radical (unpaired) electrons. The van der Waals surface area contributed by atoms with E-state index < -0.39 is 0 Å². The number of rotatable bonds is 2. The molecule has 1 saturated heterocycles. The molecule has 0 aromatic heterocycles. The van der Waals surface area contributed by atoms with E-state index in [0.717, 1.165) is 36.0 Å². The molecule has 0 spiro atoms. The zero-order valence-corrected chi connectivity index (χ0v) is 11.5. The minimum atomic E-state index is 0.103. The highest BCUT2D eigenvalue weighted by Crippen LogP contribution is 2.15. The lowest BCUT2D eigenvalue weighted by Gasteiger charge is -2.31.